The zero-order valence-electron chi connectivity index (χ0n) is 14.9. The van der Waals surface area contributed by atoms with Crippen molar-refractivity contribution in [2.75, 3.05) is 11.9 Å². The molecule has 28 heavy (non-hydrogen) atoms. The molecule has 1 aliphatic rings. The van der Waals surface area contributed by atoms with Crippen molar-refractivity contribution in [3.8, 4) is 0 Å². The van der Waals surface area contributed by atoms with Gasteiger partial charge in [-0.3, -0.25) is 9.79 Å². The van der Waals surface area contributed by atoms with Crippen LogP contribution in [0.1, 0.15) is 11.1 Å². The van der Waals surface area contributed by atoms with Crippen LogP contribution in [0.4, 0.5) is 11.4 Å². The van der Waals surface area contributed by atoms with Crippen molar-refractivity contribution in [3.05, 3.63) is 89.1 Å². The Bertz CT molecular complexity index is 1050. The Hall–Kier alpha value is -2.57. The van der Waals surface area contributed by atoms with Crippen LogP contribution in [0.3, 0.4) is 0 Å². The fourth-order valence-corrected chi connectivity index (χ4v) is 4.70. The van der Waals surface area contributed by atoms with Gasteiger partial charge in [0.25, 0.3) is 0 Å². The van der Waals surface area contributed by atoms with E-state index in [1.807, 2.05) is 61.6 Å². The van der Waals surface area contributed by atoms with Crippen molar-refractivity contribution in [2.45, 2.75) is 5.03 Å². The lowest BCUT2D eigenvalue weighted by molar-refractivity contribution is 0.255. The first-order valence-corrected chi connectivity index (χ1v) is 10.8. The number of fused-ring (bicyclic) bond motifs is 2. The summed E-state index contributed by atoms with van der Waals surface area (Å²) in [6, 6.07) is 20.7. The SMILES string of the molecule is CN1c2ccccc2C(=C(OP(=O)(O)O)Sc2ccccn2)c2ccccc21. The van der Waals surface area contributed by atoms with Gasteiger partial charge in [-0.2, -0.15) is 0 Å². The standard InChI is InChI=1S/C20H17N2O4PS/c1-22-16-10-4-2-8-14(16)19(15-9-3-5-11-17(15)22)20(26-27(23,24)25)28-18-12-6-7-13-21-18/h2-13H,1H3,(H2,23,24,25). The van der Waals surface area contributed by atoms with E-state index in [0.29, 0.717) is 10.6 Å². The summed E-state index contributed by atoms with van der Waals surface area (Å²) in [5.74, 6) is 0. The molecule has 0 amide bonds. The fourth-order valence-electron chi connectivity index (χ4n) is 3.18. The van der Waals surface area contributed by atoms with Gasteiger partial charge in [0.05, 0.1) is 0 Å². The van der Waals surface area contributed by atoms with Crippen LogP contribution >= 0.6 is 19.6 Å². The molecule has 4 rings (SSSR count). The number of aromatic nitrogens is 1. The van der Waals surface area contributed by atoms with E-state index in [1.165, 1.54) is 0 Å². The molecule has 1 aliphatic heterocycles. The molecule has 0 spiro atoms. The molecule has 2 aromatic carbocycles. The van der Waals surface area contributed by atoms with Gasteiger partial charge in [0.15, 0.2) is 5.09 Å². The number of pyridine rings is 1. The van der Waals surface area contributed by atoms with Gasteiger partial charge in [0.2, 0.25) is 0 Å². The van der Waals surface area contributed by atoms with Gasteiger partial charge in [-0.25, -0.2) is 9.55 Å². The summed E-state index contributed by atoms with van der Waals surface area (Å²) in [4.78, 5) is 25.4. The number of para-hydroxylation sites is 2. The van der Waals surface area contributed by atoms with Gasteiger partial charge in [-0.1, -0.05) is 42.5 Å². The maximum Gasteiger partial charge on any atom is 0.525 e. The van der Waals surface area contributed by atoms with Gasteiger partial charge in [0.1, 0.15) is 5.03 Å². The third kappa shape index (κ3) is 3.70. The molecule has 0 unspecified atom stereocenters. The van der Waals surface area contributed by atoms with Crippen molar-refractivity contribution in [3.63, 3.8) is 0 Å². The maximum atomic E-state index is 11.8. The van der Waals surface area contributed by atoms with Crippen LogP contribution < -0.4 is 4.90 Å². The Kier molecular flexibility index (Phi) is 5.00. The lowest BCUT2D eigenvalue weighted by atomic mass is 9.91. The minimum Gasteiger partial charge on any atom is -0.396 e. The van der Waals surface area contributed by atoms with E-state index >= 15 is 0 Å². The number of hydrogen-bond donors (Lipinski definition) is 2. The van der Waals surface area contributed by atoms with Crippen LogP contribution in [0.5, 0.6) is 0 Å². The minimum absolute atomic E-state index is 0.111. The Balaban J connectivity index is 1.99. The van der Waals surface area contributed by atoms with Crippen molar-refractivity contribution in [1.82, 2.24) is 4.98 Å². The third-order valence-corrected chi connectivity index (χ3v) is 5.78. The number of rotatable bonds is 4. The number of nitrogens with zero attached hydrogens (tertiary/aromatic N) is 2. The minimum atomic E-state index is -4.78. The smallest absolute Gasteiger partial charge is 0.396 e. The van der Waals surface area contributed by atoms with Crippen LogP contribution in [0.15, 0.2) is 83.0 Å². The van der Waals surface area contributed by atoms with Crippen LogP contribution in [0, 0.1) is 0 Å². The number of phosphoric acid groups is 1. The Labute approximate surface area is 166 Å². The average Bonchev–Trinajstić information content (AvgIpc) is 2.68. The first-order valence-electron chi connectivity index (χ1n) is 8.45. The van der Waals surface area contributed by atoms with Crippen LogP contribution in [0.2, 0.25) is 0 Å². The highest BCUT2D eigenvalue weighted by atomic mass is 32.2. The zero-order chi connectivity index (χ0) is 19.7. The molecule has 8 heteroatoms. The van der Waals surface area contributed by atoms with E-state index < -0.39 is 7.82 Å². The van der Waals surface area contributed by atoms with Crippen molar-refractivity contribution >= 4 is 36.5 Å². The van der Waals surface area contributed by atoms with Gasteiger partial charge in [-0.05, 0) is 36.0 Å². The Morgan fingerprint density at radius 3 is 2.07 bits per heavy atom. The molecular weight excluding hydrogens is 395 g/mol. The summed E-state index contributed by atoms with van der Waals surface area (Å²) >= 11 is 1.09. The van der Waals surface area contributed by atoms with Gasteiger partial charge in [-0.15, -0.1) is 0 Å². The second-order valence-electron chi connectivity index (χ2n) is 6.11. The number of benzene rings is 2. The van der Waals surface area contributed by atoms with Crippen LogP contribution in [-0.2, 0) is 9.09 Å². The van der Waals surface area contributed by atoms with E-state index in [9.17, 15) is 14.4 Å². The first-order chi connectivity index (χ1) is 13.4. The summed E-state index contributed by atoms with van der Waals surface area (Å²) in [7, 11) is -2.82. The molecule has 0 saturated heterocycles. The van der Waals surface area contributed by atoms with Gasteiger partial charge < -0.3 is 9.42 Å². The highest BCUT2D eigenvalue weighted by Gasteiger charge is 2.30. The van der Waals surface area contributed by atoms with Crippen LogP contribution in [-0.4, -0.2) is 21.8 Å². The fraction of sp³-hybridized carbons (Fsp3) is 0.0500. The molecule has 0 radical (unpaired) electrons. The van der Waals surface area contributed by atoms with Crippen molar-refractivity contribution < 1.29 is 18.9 Å². The summed E-state index contributed by atoms with van der Waals surface area (Å²) in [5, 5.41) is 0.687. The number of thioether (sulfide) groups is 1. The molecule has 0 aliphatic carbocycles. The molecule has 6 nitrogen and oxygen atoms in total. The Morgan fingerprint density at radius 1 is 0.964 bits per heavy atom. The predicted molar refractivity (Wildman–Crippen MR) is 110 cm³/mol. The molecule has 0 atom stereocenters. The predicted octanol–water partition coefficient (Wildman–Crippen LogP) is 4.78. The normalized spacial score (nSPS) is 13.0. The number of phosphoric ester groups is 1. The molecule has 0 saturated carbocycles. The molecule has 3 aromatic rings. The quantitative estimate of drug-likeness (QED) is 0.362. The Morgan fingerprint density at radius 2 is 1.54 bits per heavy atom. The molecule has 2 heterocycles. The molecule has 0 bridgehead atoms. The first kappa shape index (κ1) is 18.8. The highest BCUT2D eigenvalue weighted by Crippen LogP contribution is 2.52. The average molecular weight is 412 g/mol. The molecule has 142 valence electrons. The highest BCUT2D eigenvalue weighted by molar-refractivity contribution is 8.03. The molecule has 2 N–H and O–H groups in total. The maximum absolute atomic E-state index is 11.8. The van der Waals surface area contributed by atoms with E-state index in [-0.39, 0.29) is 5.09 Å². The lowest BCUT2D eigenvalue weighted by Crippen LogP contribution is -2.18. The van der Waals surface area contributed by atoms with Crippen molar-refractivity contribution in [1.29, 1.82) is 0 Å². The van der Waals surface area contributed by atoms with Crippen LogP contribution in [0.25, 0.3) is 5.57 Å². The van der Waals surface area contributed by atoms with Gasteiger partial charge in [0, 0.05) is 41.3 Å². The molecule has 1 aromatic heterocycles. The third-order valence-electron chi connectivity index (χ3n) is 4.31. The number of anilines is 2. The van der Waals surface area contributed by atoms with Gasteiger partial charge >= 0.3 is 7.82 Å². The topological polar surface area (TPSA) is 82.9 Å². The molecule has 0 fully saturated rings. The summed E-state index contributed by atoms with van der Waals surface area (Å²) in [5.41, 5.74) is 4.13. The van der Waals surface area contributed by atoms with E-state index in [0.717, 1.165) is 34.3 Å². The van der Waals surface area contributed by atoms with E-state index in [2.05, 4.69) is 9.88 Å². The van der Waals surface area contributed by atoms with Crippen molar-refractivity contribution in [2.24, 2.45) is 0 Å². The summed E-state index contributed by atoms with van der Waals surface area (Å²) in [6.07, 6.45) is 1.62. The number of hydrogen-bond acceptors (Lipinski definition) is 5. The largest absolute Gasteiger partial charge is 0.525 e. The second kappa shape index (κ2) is 7.45. The zero-order valence-corrected chi connectivity index (χ0v) is 16.6. The summed E-state index contributed by atoms with van der Waals surface area (Å²) < 4.78 is 16.9. The lowest BCUT2D eigenvalue weighted by Gasteiger charge is -2.32. The second-order valence-corrected chi connectivity index (χ2v) is 8.26. The molecular formula is C20H17N2O4PS. The summed E-state index contributed by atoms with van der Waals surface area (Å²) in [6.45, 7) is 0. The van der Waals surface area contributed by atoms with E-state index in [4.69, 9.17) is 4.52 Å². The van der Waals surface area contributed by atoms with E-state index in [1.54, 1.807) is 18.3 Å². The monoisotopic (exact) mass is 412 g/mol.